The summed E-state index contributed by atoms with van der Waals surface area (Å²) in [4.78, 5) is 0. The fraction of sp³-hybridized carbons (Fsp3) is 1.00. The highest BCUT2D eigenvalue weighted by Crippen LogP contribution is 2.11. The molecule has 0 saturated carbocycles. The zero-order chi connectivity index (χ0) is 9.80. The summed E-state index contributed by atoms with van der Waals surface area (Å²) in [6.45, 7) is 6.02. The maximum Gasteiger partial charge on any atom is 0.104 e. The van der Waals surface area contributed by atoms with Crippen LogP contribution in [0.4, 0.5) is 0 Å². The van der Waals surface area contributed by atoms with Crippen LogP contribution in [0, 0.1) is 0 Å². The molecule has 4 heteroatoms. The van der Waals surface area contributed by atoms with Crippen molar-refractivity contribution in [2.75, 3.05) is 33.0 Å². The largest absolute Gasteiger partial charge is 0.379 e. The lowest BCUT2D eigenvalue weighted by atomic mass is 10.3. The molecule has 14 heavy (non-hydrogen) atoms. The standard InChI is InChI=1S/C10H18O4/c1-8(12-5-10-7-14-10)2-3-11-4-9-6-13-9/h8-10H,2-7H2,1H3/t8-,9-,10-/m1/s1. The zero-order valence-corrected chi connectivity index (χ0v) is 8.61. The summed E-state index contributed by atoms with van der Waals surface area (Å²) in [7, 11) is 0. The summed E-state index contributed by atoms with van der Waals surface area (Å²) in [5.74, 6) is 0. The summed E-state index contributed by atoms with van der Waals surface area (Å²) >= 11 is 0. The quantitative estimate of drug-likeness (QED) is 0.427. The van der Waals surface area contributed by atoms with Gasteiger partial charge in [0.15, 0.2) is 0 Å². The van der Waals surface area contributed by atoms with E-state index < -0.39 is 0 Å². The fourth-order valence-corrected chi connectivity index (χ4v) is 1.15. The average molecular weight is 202 g/mol. The summed E-state index contributed by atoms with van der Waals surface area (Å²) < 4.78 is 21.0. The van der Waals surface area contributed by atoms with Gasteiger partial charge in [0.05, 0.1) is 32.5 Å². The van der Waals surface area contributed by atoms with Crippen molar-refractivity contribution in [3.8, 4) is 0 Å². The van der Waals surface area contributed by atoms with Gasteiger partial charge in [0.1, 0.15) is 12.2 Å². The minimum Gasteiger partial charge on any atom is -0.379 e. The molecule has 0 bridgehead atoms. The van der Waals surface area contributed by atoms with Gasteiger partial charge in [-0.15, -0.1) is 0 Å². The Hall–Kier alpha value is -0.160. The molecule has 0 amide bonds. The lowest BCUT2D eigenvalue weighted by Gasteiger charge is -2.11. The van der Waals surface area contributed by atoms with Gasteiger partial charge in [-0.25, -0.2) is 0 Å². The predicted molar refractivity (Wildman–Crippen MR) is 50.3 cm³/mol. The Labute approximate surface area is 84.5 Å². The Kier molecular flexibility index (Phi) is 3.75. The van der Waals surface area contributed by atoms with E-state index in [1.54, 1.807) is 0 Å². The van der Waals surface area contributed by atoms with Crippen molar-refractivity contribution in [1.82, 2.24) is 0 Å². The number of epoxide rings is 2. The number of hydrogen-bond acceptors (Lipinski definition) is 4. The highest BCUT2D eigenvalue weighted by atomic mass is 16.6. The van der Waals surface area contributed by atoms with Gasteiger partial charge in [-0.05, 0) is 13.3 Å². The van der Waals surface area contributed by atoms with Crippen molar-refractivity contribution in [1.29, 1.82) is 0 Å². The van der Waals surface area contributed by atoms with Crippen LogP contribution in [0.15, 0.2) is 0 Å². The molecule has 2 heterocycles. The van der Waals surface area contributed by atoms with Crippen molar-refractivity contribution in [3.05, 3.63) is 0 Å². The molecule has 0 aromatic carbocycles. The first-order valence-electron chi connectivity index (χ1n) is 5.27. The van der Waals surface area contributed by atoms with Crippen LogP contribution < -0.4 is 0 Å². The second-order valence-electron chi connectivity index (χ2n) is 3.92. The Morgan fingerprint density at radius 1 is 1.21 bits per heavy atom. The van der Waals surface area contributed by atoms with Crippen molar-refractivity contribution in [2.45, 2.75) is 31.7 Å². The van der Waals surface area contributed by atoms with Crippen molar-refractivity contribution >= 4 is 0 Å². The molecule has 2 aliphatic rings. The summed E-state index contributed by atoms with van der Waals surface area (Å²) in [6.07, 6.45) is 1.93. The van der Waals surface area contributed by atoms with Crippen molar-refractivity contribution < 1.29 is 18.9 Å². The SMILES string of the molecule is C[C@H](CCOC[C@@H]1CO1)OC[C@@H]1CO1. The Morgan fingerprint density at radius 2 is 1.86 bits per heavy atom. The van der Waals surface area contributed by atoms with Crippen LogP contribution in [0.2, 0.25) is 0 Å². The van der Waals surface area contributed by atoms with Crippen LogP contribution in [0.25, 0.3) is 0 Å². The summed E-state index contributed by atoms with van der Waals surface area (Å²) in [5.41, 5.74) is 0. The van der Waals surface area contributed by atoms with Gasteiger partial charge in [-0.3, -0.25) is 0 Å². The predicted octanol–water partition coefficient (Wildman–Crippen LogP) is 0.596. The molecular formula is C10H18O4. The van der Waals surface area contributed by atoms with Crippen LogP contribution in [0.1, 0.15) is 13.3 Å². The van der Waals surface area contributed by atoms with Gasteiger partial charge in [-0.2, -0.15) is 0 Å². The smallest absolute Gasteiger partial charge is 0.104 e. The second kappa shape index (κ2) is 5.07. The van der Waals surface area contributed by atoms with Gasteiger partial charge in [0, 0.05) is 6.61 Å². The Balaban J connectivity index is 1.38. The molecule has 0 unspecified atom stereocenters. The molecule has 82 valence electrons. The minimum absolute atomic E-state index is 0.263. The van der Waals surface area contributed by atoms with E-state index in [0.29, 0.717) is 12.2 Å². The third-order valence-corrected chi connectivity index (χ3v) is 2.34. The summed E-state index contributed by atoms with van der Waals surface area (Å²) in [5, 5.41) is 0. The second-order valence-corrected chi connectivity index (χ2v) is 3.92. The Morgan fingerprint density at radius 3 is 2.50 bits per heavy atom. The molecule has 2 aliphatic heterocycles. The van der Waals surface area contributed by atoms with Crippen LogP contribution in [0.5, 0.6) is 0 Å². The molecule has 2 rings (SSSR count). The first-order valence-corrected chi connectivity index (χ1v) is 5.27. The van der Waals surface area contributed by atoms with Crippen molar-refractivity contribution in [3.63, 3.8) is 0 Å². The normalized spacial score (nSPS) is 31.5. The van der Waals surface area contributed by atoms with Crippen LogP contribution in [0.3, 0.4) is 0 Å². The number of ether oxygens (including phenoxy) is 4. The molecule has 0 spiro atoms. The fourth-order valence-electron chi connectivity index (χ4n) is 1.15. The van der Waals surface area contributed by atoms with Crippen LogP contribution in [-0.4, -0.2) is 51.3 Å². The topological polar surface area (TPSA) is 43.5 Å². The van der Waals surface area contributed by atoms with E-state index in [1.807, 2.05) is 0 Å². The minimum atomic E-state index is 0.263. The molecule has 2 fully saturated rings. The maximum atomic E-state index is 5.55. The third kappa shape index (κ3) is 4.37. The van der Waals surface area contributed by atoms with Gasteiger partial charge < -0.3 is 18.9 Å². The molecule has 0 N–H and O–H groups in total. The highest BCUT2D eigenvalue weighted by molar-refractivity contribution is 4.69. The first-order chi connectivity index (χ1) is 6.84. The molecule has 0 aromatic heterocycles. The molecule has 0 radical (unpaired) electrons. The van der Waals surface area contributed by atoms with E-state index >= 15 is 0 Å². The van der Waals surface area contributed by atoms with Crippen molar-refractivity contribution in [2.24, 2.45) is 0 Å². The molecular weight excluding hydrogens is 184 g/mol. The average Bonchev–Trinajstić information content (AvgIpc) is 3.02. The number of rotatable bonds is 8. The van der Waals surface area contributed by atoms with E-state index in [0.717, 1.165) is 39.5 Å². The van der Waals surface area contributed by atoms with Gasteiger partial charge >= 0.3 is 0 Å². The molecule has 0 aromatic rings. The van der Waals surface area contributed by atoms with E-state index in [9.17, 15) is 0 Å². The van der Waals surface area contributed by atoms with E-state index in [2.05, 4.69) is 6.92 Å². The first kappa shape index (κ1) is 10.4. The zero-order valence-electron chi connectivity index (χ0n) is 8.61. The van der Waals surface area contributed by atoms with Gasteiger partial charge in [-0.1, -0.05) is 0 Å². The molecule has 0 aliphatic carbocycles. The Bertz CT molecular complexity index is 166. The van der Waals surface area contributed by atoms with E-state index in [4.69, 9.17) is 18.9 Å². The molecule has 4 nitrogen and oxygen atoms in total. The maximum absolute atomic E-state index is 5.55. The van der Waals surface area contributed by atoms with E-state index in [1.165, 1.54) is 0 Å². The third-order valence-electron chi connectivity index (χ3n) is 2.34. The van der Waals surface area contributed by atoms with Crippen LogP contribution >= 0.6 is 0 Å². The lowest BCUT2D eigenvalue weighted by Crippen LogP contribution is -2.15. The van der Waals surface area contributed by atoms with Gasteiger partial charge in [0.25, 0.3) is 0 Å². The number of hydrogen-bond donors (Lipinski definition) is 0. The summed E-state index contributed by atoms with van der Waals surface area (Å²) in [6, 6.07) is 0. The monoisotopic (exact) mass is 202 g/mol. The lowest BCUT2D eigenvalue weighted by molar-refractivity contribution is 0.0221. The van der Waals surface area contributed by atoms with E-state index in [-0.39, 0.29) is 6.10 Å². The van der Waals surface area contributed by atoms with Gasteiger partial charge in [0.2, 0.25) is 0 Å². The van der Waals surface area contributed by atoms with Crippen LogP contribution in [-0.2, 0) is 18.9 Å². The molecule has 2 saturated heterocycles. The molecule has 3 atom stereocenters. The highest BCUT2D eigenvalue weighted by Gasteiger charge is 2.24.